The maximum Gasteiger partial charge on any atom is 0.271 e. The quantitative estimate of drug-likeness (QED) is 0.871. The van der Waals surface area contributed by atoms with Crippen LogP contribution in [0, 0.1) is 5.92 Å². The third-order valence-corrected chi connectivity index (χ3v) is 4.09. The molecule has 1 aliphatic rings. The Labute approximate surface area is 114 Å². The van der Waals surface area contributed by atoms with Gasteiger partial charge in [0.25, 0.3) is 5.91 Å². The van der Waals surface area contributed by atoms with Crippen LogP contribution in [0.4, 0.5) is 0 Å². The zero-order valence-electron chi connectivity index (χ0n) is 11.9. The minimum Gasteiger partial charge on any atom is -0.388 e. The molecule has 2 atom stereocenters. The third-order valence-electron chi connectivity index (χ3n) is 4.09. The van der Waals surface area contributed by atoms with Crippen molar-refractivity contribution >= 4 is 5.91 Å². The molecule has 1 saturated carbocycles. The Hall–Kier alpha value is -1.36. The van der Waals surface area contributed by atoms with Crippen LogP contribution in [-0.2, 0) is 0 Å². The molecule has 0 aliphatic heterocycles. The van der Waals surface area contributed by atoms with Gasteiger partial charge in [-0.05, 0) is 38.7 Å². The van der Waals surface area contributed by atoms with Crippen molar-refractivity contribution in [1.29, 1.82) is 0 Å². The van der Waals surface area contributed by atoms with E-state index in [2.05, 4.69) is 10.4 Å². The van der Waals surface area contributed by atoms with Gasteiger partial charge in [-0.3, -0.25) is 9.48 Å². The predicted octanol–water partition coefficient (Wildman–Crippen LogP) is 1.74. The molecule has 1 aromatic rings. The zero-order valence-corrected chi connectivity index (χ0v) is 11.9. The summed E-state index contributed by atoms with van der Waals surface area (Å²) < 4.78 is 1.75. The normalized spacial score (nSPS) is 26.9. The van der Waals surface area contributed by atoms with Crippen LogP contribution in [0.1, 0.15) is 56.6 Å². The standard InChI is InChI=1S/C14H23N3O2/c1-10(2)17-8-6-12(16-17)13(18)15-9-14(19)7-4-5-11(14)3/h6,8,10-11,19H,4-5,7,9H2,1-3H3,(H,15,18)/t11-,14-/m1/s1. The number of aromatic nitrogens is 2. The number of nitrogens with zero attached hydrogens (tertiary/aromatic N) is 2. The molecule has 0 saturated heterocycles. The summed E-state index contributed by atoms with van der Waals surface area (Å²) >= 11 is 0. The average molecular weight is 265 g/mol. The van der Waals surface area contributed by atoms with E-state index >= 15 is 0 Å². The van der Waals surface area contributed by atoms with E-state index in [4.69, 9.17) is 0 Å². The van der Waals surface area contributed by atoms with Crippen molar-refractivity contribution in [1.82, 2.24) is 15.1 Å². The minimum absolute atomic E-state index is 0.216. The Morgan fingerprint density at radius 3 is 2.95 bits per heavy atom. The number of amides is 1. The highest BCUT2D eigenvalue weighted by Gasteiger charge is 2.38. The molecule has 5 heteroatoms. The maximum atomic E-state index is 12.0. The zero-order chi connectivity index (χ0) is 14.0. The van der Waals surface area contributed by atoms with Gasteiger partial charge in [-0.15, -0.1) is 0 Å². The molecule has 1 aromatic heterocycles. The molecule has 0 spiro atoms. The molecule has 19 heavy (non-hydrogen) atoms. The summed E-state index contributed by atoms with van der Waals surface area (Å²) in [6.07, 6.45) is 4.60. The minimum atomic E-state index is -0.754. The van der Waals surface area contributed by atoms with Crippen LogP contribution in [0.2, 0.25) is 0 Å². The molecule has 1 amide bonds. The van der Waals surface area contributed by atoms with Gasteiger partial charge in [0.1, 0.15) is 5.69 Å². The van der Waals surface area contributed by atoms with Gasteiger partial charge >= 0.3 is 0 Å². The van der Waals surface area contributed by atoms with Crippen LogP contribution in [0.5, 0.6) is 0 Å². The highest BCUT2D eigenvalue weighted by Crippen LogP contribution is 2.34. The van der Waals surface area contributed by atoms with Crippen LogP contribution in [0.15, 0.2) is 12.3 Å². The first-order valence-electron chi connectivity index (χ1n) is 6.98. The van der Waals surface area contributed by atoms with Gasteiger partial charge in [0.05, 0.1) is 5.60 Å². The van der Waals surface area contributed by atoms with E-state index in [9.17, 15) is 9.90 Å². The maximum absolute atomic E-state index is 12.0. The first kappa shape index (κ1) is 14.1. The first-order valence-corrected chi connectivity index (χ1v) is 6.98. The van der Waals surface area contributed by atoms with Gasteiger partial charge < -0.3 is 10.4 Å². The molecule has 1 heterocycles. The highest BCUT2D eigenvalue weighted by molar-refractivity contribution is 5.92. The summed E-state index contributed by atoms with van der Waals surface area (Å²) in [4.78, 5) is 12.0. The van der Waals surface area contributed by atoms with Crippen molar-refractivity contribution in [2.75, 3.05) is 6.54 Å². The van der Waals surface area contributed by atoms with Gasteiger partial charge in [-0.2, -0.15) is 5.10 Å². The predicted molar refractivity (Wildman–Crippen MR) is 72.9 cm³/mol. The lowest BCUT2D eigenvalue weighted by atomic mass is 9.92. The summed E-state index contributed by atoms with van der Waals surface area (Å²) in [5, 5.41) is 17.4. The van der Waals surface area contributed by atoms with Crippen LogP contribution in [0.3, 0.4) is 0 Å². The molecule has 0 aromatic carbocycles. The monoisotopic (exact) mass is 265 g/mol. The van der Waals surface area contributed by atoms with Gasteiger partial charge in [0, 0.05) is 18.8 Å². The molecule has 2 N–H and O–H groups in total. The van der Waals surface area contributed by atoms with Crippen molar-refractivity contribution in [3.05, 3.63) is 18.0 Å². The molecule has 1 fully saturated rings. The number of hydrogen-bond acceptors (Lipinski definition) is 3. The fourth-order valence-electron chi connectivity index (χ4n) is 2.56. The second-order valence-corrected chi connectivity index (χ2v) is 5.85. The summed E-state index contributed by atoms with van der Waals surface area (Å²) in [5.74, 6) is 0.0212. The molecule has 106 valence electrons. The third kappa shape index (κ3) is 2.97. The molecule has 2 rings (SSSR count). The van der Waals surface area contributed by atoms with Gasteiger partial charge in [-0.25, -0.2) is 0 Å². The smallest absolute Gasteiger partial charge is 0.271 e. The number of nitrogens with one attached hydrogen (secondary N) is 1. The fourth-order valence-corrected chi connectivity index (χ4v) is 2.56. The van der Waals surface area contributed by atoms with E-state index < -0.39 is 5.60 Å². The Balaban J connectivity index is 1.94. The topological polar surface area (TPSA) is 67.2 Å². The molecule has 1 aliphatic carbocycles. The van der Waals surface area contributed by atoms with E-state index in [0.29, 0.717) is 12.2 Å². The molecule has 0 bridgehead atoms. The summed E-state index contributed by atoms with van der Waals surface area (Å²) in [7, 11) is 0. The number of rotatable bonds is 4. The lowest BCUT2D eigenvalue weighted by molar-refractivity contribution is 0.0101. The van der Waals surface area contributed by atoms with Crippen molar-refractivity contribution in [2.45, 2.75) is 51.7 Å². The van der Waals surface area contributed by atoms with E-state index in [1.54, 1.807) is 16.9 Å². The lowest BCUT2D eigenvalue weighted by Gasteiger charge is -2.27. The van der Waals surface area contributed by atoms with Gasteiger partial charge in [-0.1, -0.05) is 13.3 Å². The Morgan fingerprint density at radius 2 is 2.42 bits per heavy atom. The van der Waals surface area contributed by atoms with Crippen LogP contribution in [-0.4, -0.2) is 32.9 Å². The molecule has 0 unspecified atom stereocenters. The van der Waals surface area contributed by atoms with Crippen LogP contribution in [0.25, 0.3) is 0 Å². The van der Waals surface area contributed by atoms with Crippen LogP contribution >= 0.6 is 0 Å². The van der Waals surface area contributed by atoms with Crippen molar-refractivity contribution in [3.8, 4) is 0 Å². The van der Waals surface area contributed by atoms with Crippen molar-refractivity contribution < 1.29 is 9.90 Å². The number of hydrogen-bond donors (Lipinski definition) is 2. The second-order valence-electron chi connectivity index (χ2n) is 5.85. The largest absolute Gasteiger partial charge is 0.388 e. The van der Waals surface area contributed by atoms with E-state index in [1.165, 1.54) is 0 Å². The molecular weight excluding hydrogens is 242 g/mol. The van der Waals surface area contributed by atoms with Gasteiger partial charge in [0.15, 0.2) is 0 Å². The highest BCUT2D eigenvalue weighted by atomic mass is 16.3. The van der Waals surface area contributed by atoms with E-state index in [-0.39, 0.29) is 17.9 Å². The van der Waals surface area contributed by atoms with Gasteiger partial charge in [0.2, 0.25) is 0 Å². The number of aliphatic hydroxyl groups is 1. The SMILES string of the molecule is CC(C)n1ccc(C(=O)NC[C@]2(O)CCC[C@H]2C)n1. The molecule has 0 radical (unpaired) electrons. The van der Waals surface area contributed by atoms with Crippen molar-refractivity contribution in [2.24, 2.45) is 5.92 Å². The molecular formula is C14H23N3O2. The average Bonchev–Trinajstić information content (AvgIpc) is 2.96. The lowest BCUT2D eigenvalue weighted by Crippen LogP contribution is -2.44. The van der Waals surface area contributed by atoms with E-state index in [0.717, 1.165) is 19.3 Å². The number of carbonyl (C=O) groups is 1. The Kier molecular flexibility index (Phi) is 3.94. The summed E-state index contributed by atoms with van der Waals surface area (Å²) in [5.41, 5.74) is -0.348. The number of carbonyl (C=O) groups excluding carboxylic acids is 1. The molecule has 5 nitrogen and oxygen atoms in total. The Bertz CT molecular complexity index is 455. The van der Waals surface area contributed by atoms with Crippen molar-refractivity contribution in [3.63, 3.8) is 0 Å². The second kappa shape index (κ2) is 5.33. The van der Waals surface area contributed by atoms with E-state index in [1.807, 2.05) is 20.8 Å². The Morgan fingerprint density at radius 1 is 1.68 bits per heavy atom. The fraction of sp³-hybridized carbons (Fsp3) is 0.714. The summed E-state index contributed by atoms with van der Waals surface area (Å²) in [6, 6.07) is 1.94. The van der Waals surface area contributed by atoms with Crippen LogP contribution < -0.4 is 5.32 Å². The first-order chi connectivity index (χ1) is 8.92. The summed E-state index contributed by atoms with van der Waals surface area (Å²) in [6.45, 7) is 6.36.